The zero-order chi connectivity index (χ0) is 13.1. The summed E-state index contributed by atoms with van der Waals surface area (Å²) in [5.74, 6) is -0.0734. The zero-order valence-electron chi connectivity index (χ0n) is 10.6. The summed E-state index contributed by atoms with van der Waals surface area (Å²) in [6.07, 6.45) is 1.08. The molecule has 1 rings (SSSR count). The smallest absolute Gasteiger partial charge is 0.305 e. The minimum atomic E-state index is -1.12. The first-order valence-electron chi connectivity index (χ1n) is 5.90. The minimum absolute atomic E-state index is 0.0161. The van der Waals surface area contributed by atoms with Crippen LogP contribution < -0.4 is 5.32 Å². The van der Waals surface area contributed by atoms with Crippen LogP contribution in [0.1, 0.15) is 12.8 Å². The molecular weight excluding hydrogens is 349 g/mol. The average molecular weight is 369 g/mol. The van der Waals surface area contributed by atoms with Gasteiger partial charge in [0, 0.05) is 14.5 Å². The van der Waals surface area contributed by atoms with Gasteiger partial charge in [-0.15, -0.1) is 0 Å². The predicted octanol–water partition coefficient (Wildman–Crippen LogP) is 1.95. The van der Waals surface area contributed by atoms with Crippen molar-refractivity contribution in [3.8, 4) is 0 Å². The summed E-state index contributed by atoms with van der Waals surface area (Å²) in [5.41, 5.74) is 0. The van der Waals surface area contributed by atoms with E-state index in [1.54, 1.807) is 0 Å². The van der Waals surface area contributed by atoms with Crippen LogP contribution >= 0.6 is 22.6 Å². The van der Waals surface area contributed by atoms with Crippen LogP contribution in [0.3, 0.4) is 0 Å². The molecule has 0 radical (unpaired) electrons. The molecule has 6 heteroatoms. The van der Waals surface area contributed by atoms with Crippen LogP contribution in [-0.2, 0) is 14.3 Å². The Balaban J connectivity index is 2.08. The summed E-state index contributed by atoms with van der Waals surface area (Å²) in [5, 5.41) is 2.78. The molecule has 1 aliphatic heterocycles. The van der Waals surface area contributed by atoms with Gasteiger partial charge in [0.15, 0.2) is 0 Å². The maximum absolute atomic E-state index is 11.4. The Morgan fingerprint density at radius 2 is 2.12 bits per heavy atom. The van der Waals surface area contributed by atoms with Crippen molar-refractivity contribution in [3.05, 3.63) is 0 Å². The minimum Gasteiger partial charge on any atom is -0.466 e. The van der Waals surface area contributed by atoms with Crippen LogP contribution in [0, 0.1) is 0 Å². The van der Waals surface area contributed by atoms with E-state index in [2.05, 4.69) is 47.5 Å². The summed E-state index contributed by atoms with van der Waals surface area (Å²) >= 11 is 2.11. The van der Waals surface area contributed by atoms with Crippen LogP contribution in [0.15, 0.2) is 0 Å². The Hall–Kier alpha value is -0.113. The second-order valence-electron chi connectivity index (χ2n) is 5.59. The van der Waals surface area contributed by atoms with Crippen molar-refractivity contribution in [3.63, 3.8) is 0 Å². The molecule has 0 unspecified atom stereocenters. The molecule has 1 aliphatic rings. The maximum atomic E-state index is 11.4. The second kappa shape index (κ2) is 6.17. The van der Waals surface area contributed by atoms with E-state index in [0.29, 0.717) is 19.4 Å². The van der Waals surface area contributed by atoms with E-state index in [1.807, 2.05) is 0 Å². The predicted molar refractivity (Wildman–Crippen MR) is 78.1 cm³/mol. The highest BCUT2D eigenvalue weighted by Gasteiger charge is 2.36. The second-order valence-corrected chi connectivity index (χ2v) is 12.5. The van der Waals surface area contributed by atoms with Crippen molar-refractivity contribution < 1.29 is 14.3 Å². The standard InChI is InChI=1S/C11H20INO3Si/c1-17(2,3)7-6-16-9(14)5-4-8-10(12)11(15)13-8/h8,10H,4-7H2,1-3H3,(H,13,15)/t8-,10-/m1/s1. The molecule has 98 valence electrons. The number of hydrogen-bond acceptors (Lipinski definition) is 3. The first-order valence-corrected chi connectivity index (χ1v) is 10.8. The Labute approximate surface area is 117 Å². The van der Waals surface area contributed by atoms with E-state index in [-0.39, 0.29) is 21.8 Å². The average Bonchev–Trinajstić information content (AvgIpc) is 2.21. The molecule has 0 aromatic carbocycles. The molecule has 1 N–H and O–H groups in total. The number of carbonyl (C=O) groups excluding carboxylic acids is 2. The summed E-state index contributed by atoms with van der Waals surface area (Å²) in [6.45, 7) is 7.31. The van der Waals surface area contributed by atoms with Gasteiger partial charge in [-0.3, -0.25) is 9.59 Å². The maximum Gasteiger partial charge on any atom is 0.305 e. The third kappa shape index (κ3) is 5.37. The summed E-state index contributed by atoms with van der Waals surface area (Å²) < 4.78 is 5.20. The largest absolute Gasteiger partial charge is 0.466 e. The number of esters is 1. The molecular formula is C11H20INO3Si. The van der Waals surface area contributed by atoms with Crippen molar-refractivity contribution in [1.29, 1.82) is 0 Å². The van der Waals surface area contributed by atoms with Crippen molar-refractivity contribution in [2.75, 3.05) is 6.61 Å². The Morgan fingerprint density at radius 1 is 1.47 bits per heavy atom. The van der Waals surface area contributed by atoms with Gasteiger partial charge < -0.3 is 10.1 Å². The van der Waals surface area contributed by atoms with Crippen LogP contribution in [0.25, 0.3) is 0 Å². The topological polar surface area (TPSA) is 55.4 Å². The summed E-state index contributed by atoms with van der Waals surface area (Å²) in [6, 6.07) is 1.15. The van der Waals surface area contributed by atoms with Gasteiger partial charge in [-0.25, -0.2) is 0 Å². The first-order chi connectivity index (χ1) is 7.79. The number of alkyl halides is 1. The Bertz CT molecular complexity index is 304. The molecule has 0 saturated carbocycles. The Morgan fingerprint density at radius 3 is 2.59 bits per heavy atom. The lowest BCUT2D eigenvalue weighted by molar-refractivity contribution is -0.144. The molecule has 1 heterocycles. The number of rotatable bonds is 6. The molecule has 1 amide bonds. The number of ether oxygens (including phenoxy) is 1. The van der Waals surface area contributed by atoms with Gasteiger partial charge in [0.05, 0.1) is 12.6 Å². The van der Waals surface area contributed by atoms with Crippen molar-refractivity contribution in [2.24, 2.45) is 0 Å². The number of halogens is 1. The number of hydrogen-bond donors (Lipinski definition) is 1. The van der Waals surface area contributed by atoms with Gasteiger partial charge in [0.25, 0.3) is 0 Å². The van der Waals surface area contributed by atoms with E-state index in [4.69, 9.17) is 4.74 Å². The first kappa shape index (κ1) is 14.9. The third-order valence-corrected chi connectivity index (χ3v) is 5.84. The molecule has 17 heavy (non-hydrogen) atoms. The number of β-lactam (4-membered cyclic amide) rings is 1. The molecule has 0 spiro atoms. The highest BCUT2D eigenvalue weighted by atomic mass is 127. The van der Waals surface area contributed by atoms with Crippen LogP contribution in [-0.4, -0.2) is 36.5 Å². The molecule has 0 aliphatic carbocycles. The lowest BCUT2D eigenvalue weighted by Gasteiger charge is -2.32. The van der Waals surface area contributed by atoms with Crippen LogP contribution in [0.4, 0.5) is 0 Å². The number of carbonyl (C=O) groups is 2. The van der Waals surface area contributed by atoms with Crippen molar-refractivity contribution >= 4 is 42.5 Å². The third-order valence-electron chi connectivity index (χ3n) is 2.71. The normalized spacial score (nSPS) is 23.9. The van der Waals surface area contributed by atoms with E-state index in [1.165, 1.54) is 0 Å². The molecule has 0 aromatic heterocycles. The SMILES string of the molecule is C[Si](C)(C)CCOC(=O)CC[C@H]1NC(=O)[C@@H]1I. The van der Waals surface area contributed by atoms with E-state index >= 15 is 0 Å². The van der Waals surface area contributed by atoms with Gasteiger partial charge in [0.1, 0.15) is 3.92 Å². The van der Waals surface area contributed by atoms with Gasteiger partial charge in [0.2, 0.25) is 5.91 Å². The van der Waals surface area contributed by atoms with Crippen LogP contribution in [0.5, 0.6) is 0 Å². The number of nitrogens with one attached hydrogen (secondary N) is 1. The van der Waals surface area contributed by atoms with Gasteiger partial charge in [-0.05, 0) is 12.5 Å². The zero-order valence-corrected chi connectivity index (χ0v) is 13.7. The van der Waals surface area contributed by atoms with Crippen molar-refractivity contribution in [2.45, 2.75) is 48.5 Å². The van der Waals surface area contributed by atoms with Gasteiger partial charge in [-0.1, -0.05) is 42.2 Å². The fourth-order valence-electron chi connectivity index (χ4n) is 1.46. The monoisotopic (exact) mass is 369 g/mol. The highest BCUT2D eigenvalue weighted by molar-refractivity contribution is 14.1. The van der Waals surface area contributed by atoms with Gasteiger partial charge in [-0.2, -0.15) is 0 Å². The molecule has 1 fully saturated rings. The van der Waals surface area contributed by atoms with E-state index in [9.17, 15) is 9.59 Å². The van der Waals surface area contributed by atoms with Crippen LogP contribution in [0.2, 0.25) is 25.7 Å². The fraction of sp³-hybridized carbons (Fsp3) is 0.818. The van der Waals surface area contributed by atoms with E-state index in [0.717, 1.165) is 6.04 Å². The quantitative estimate of drug-likeness (QED) is 0.256. The lowest BCUT2D eigenvalue weighted by atomic mass is 10.0. The Kier molecular flexibility index (Phi) is 5.43. The fourth-order valence-corrected chi connectivity index (χ4v) is 2.89. The molecule has 4 nitrogen and oxygen atoms in total. The molecule has 0 aromatic rings. The highest BCUT2D eigenvalue weighted by Crippen LogP contribution is 2.20. The van der Waals surface area contributed by atoms with Gasteiger partial charge >= 0.3 is 5.97 Å². The molecule has 1 saturated heterocycles. The van der Waals surface area contributed by atoms with E-state index < -0.39 is 8.07 Å². The molecule has 0 bridgehead atoms. The lowest BCUT2D eigenvalue weighted by Crippen LogP contribution is -2.59. The molecule has 2 atom stereocenters. The summed E-state index contributed by atoms with van der Waals surface area (Å²) in [4.78, 5) is 22.4. The summed E-state index contributed by atoms with van der Waals surface area (Å²) in [7, 11) is -1.12. The van der Waals surface area contributed by atoms with Crippen molar-refractivity contribution in [1.82, 2.24) is 5.32 Å². The number of amides is 1.